The van der Waals surface area contributed by atoms with Crippen LogP contribution in [-0.4, -0.2) is 25.6 Å². The van der Waals surface area contributed by atoms with Gasteiger partial charge in [-0.3, -0.25) is 9.63 Å². The van der Waals surface area contributed by atoms with Gasteiger partial charge in [0.1, 0.15) is 0 Å². The Labute approximate surface area is 107 Å². The van der Waals surface area contributed by atoms with Crippen molar-refractivity contribution in [3.8, 4) is 0 Å². The van der Waals surface area contributed by atoms with Gasteiger partial charge in [-0.25, -0.2) is 0 Å². The van der Waals surface area contributed by atoms with Crippen molar-refractivity contribution in [1.82, 2.24) is 5.32 Å². The lowest BCUT2D eigenvalue weighted by molar-refractivity contribution is -0.119. The second-order valence-corrected chi connectivity index (χ2v) is 4.91. The van der Waals surface area contributed by atoms with Crippen molar-refractivity contribution in [1.29, 1.82) is 0 Å². The Bertz CT molecular complexity index is 424. The lowest BCUT2D eigenvalue weighted by Gasteiger charge is -2.23. The highest BCUT2D eigenvalue weighted by Crippen LogP contribution is 2.26. The van der Waals surface area contributed by atoms with Crippen LogP contribution in [0.2, 0.25) is 0 Å². The first-order valence-electron chi connectivity index (χ1n) is 6.61. The molecule has 0 aromatic heterocycles. The summed E-state index contributed by atoms with van der Waals surface area (Å²) in [7, 11) is 0. The molecule has 0 bridgehead atoms. The minimum atomic E-state index is 0.0436. The molecule has 2 aliphatic rings. The summed E-state index contributed by atoms with van der Waals surface area (Å²) in [5.74, 6) is 0.644. The Morgan fingerprint density at radius 1 is 1.28 bits per heavy atom. The third-order valence-electron chi connectivity index (χ3n) is 3.66. The van der Waals surface area contributed by atoms with Crippen molar-refractivity contribution < 1.29 is 9.63 Å². The summed E-state index contributed by atoms with van der Waals surface area (Å²) in [4.78, 5) is 16.9. The molecule has 2 fully saturated rings. The van der Waals surface area contributed by atoms with Gasteiger partial charge in [0.05, 0.1) is 18.7 Å². The van der Waals surface area contributed by atoms with E-state index in [-0.39, 0.29) is 5.91 Å². The average molecular weight is 246 g/mol. The second-order valence-electron chi connectivity index (χ2n) is 4.91. The van der Waals surface area contributed by atoms with Crippen LogP contribution in [-0.2, 0) is 9.63 Å². The van der Waals surface area contributed by atoms with Gasteiger partial charge >= 0.3 is 0 Å². The van der Waals surface area contributed by atoms with E-state index >= 15 is 0 Å². The molecule has 0 radical (unpaired) electrons. The van der Waals surface area contributed by atoms with Crippen LogP contribution < -0.4 is 10.4 Å². The summed E-state index contributed by atoms with van der Waals surface area (Å²) in [6.45, 7) is 2.68. The largest absolute Gasteiger partial charge is 0.316 e. The number of carbonyl (C=O) groups is 1. The first-order valence-corrected chi connectivity index (χ1v) is 6.61. The third-order valence-corrected chi connectivity index (χ3v) is 3.66. The monoisotopic (exact) mass is 246 g/mol. The van der Waals surface area contributed by atoms with Gasteiger partial charge in [0.25, 0.3) is 5.91 Å². The van der Waals surface area contributed by atoms with Gasteiger partial charge in [-0.2, -0.15) is 5.06 Å². The summed E-state index contributed by atoms with van der Waals surface area (Å²) in [6.07, 6.45) is 2.96. The van der Waals surface area contributed by atoms with Crippen LogP contribution in [0.3, 0.4) is 0 Å². The zero-order chi connectivity index (χ0) is 12.4. The maximum absolute atomic E-state index is 11.6. The van der Waals surface area contributed by atoms with Crippen LogP contribution in [0.15, 0.2) is 24.3 Å². The fourth-order valence-electron chi connectivity index (χ4n) is 2.63. The molecule has 2 saturated heterocycles. The zero-order valence-electron chi connectivity index (χ0n) is 10.4. The molecule has 18 heavy (non-hydrogen) atoms. The van der Waals surface area contributed by atoms with Crippen LogP contribution in [0.25, 0.3) is 0 Å². The molecule has 2 heterocycles. The number of piperidine rings is 1. The molecule has 3 rings (SSSR count). The van der Waals surface area contributed by atoms with Crippen LogP contribution in [0.5, 0.6) is 0 Å². The van der Waals surface area contributed by atoms with Crippen LogP contribution in [0, 0.1) is 0 Å². The SMILES string of the molecule is O=C1CCON1c1ccc(C2CCCNC2)cc1. The maximum Gasteiger partial charge on any atom is 0.253 e. The molecular formula is C14H18N2O2. The number of amides is 1. The number of hydrogen-bond acceptors (Lipinski definition) is 3. The van der Waals surface area contributed by atoms with E-state index in [9.17, 15) is 4.79 Å². The number of hydrogen-bond donors (Lipinski definition) is 1. The topological polar surface area (TPSA) is 41.6 Å². The van der Waals surface area contributed by atoms with E-state index in [4.69, 9.17) is 4.84 Å². The molecule has 0 saturated carbocycles. The zero-order valence-corrected chi connectivity index (χ0v) is 10.4. The van der Waals surface area contributed by atoms with Gasteiger partial charge in [-0.15, -0.1) is 0 Å². The van der Waals surface area contributed by atoms with Crippen molar-refractivity contribution in [3.05, 3.63) is 29.8 Å². The molecule has 0 spiro atoms. The first kappa shape index (κ1) is 11.7. The Hall–Kier alpha value is -1.39. The van der Waals surface area contributed by atoms with Crippen molar-refractivity contribution in [2.24, 2.45) is 0 Å². The van der Waals surface area contributed by atoms with Crippen molar-refractivity contribution in [2.45, 2.75) is 25.2 Å². The van der Waals surface area contributed by atoms with E-state index < -0.39 is 0 Å². The average Bonchev–Trinajstić information content (AvgIpc) is 2.86. The van der Waals surface area contributed by atoms with E-state index in [0.29, 0.717) is 18.9 Å². The number of carbonyl (C=O) groups excluding carboxylic acids is 1. The molecule has 1 amide bonds. The number of nitrogens with one attached hydrogen (secondary N) is 1. The summed E-state index contributed by atoms with van der Waals surface area (Å²) >= 11 is 0. The standard InChI is InChI=1S/C14H18N2O2/c17-14-7-9-18-16(14)13-5-3-11(4-6-13)12-2-1-8-15-10-12/h3-6,12,15H,1-2,7-10H2. The molecule has 2 aliphatic heterocycles. The van der Waals surface area contributed by atoms with Gasteiger partial charge in [-0.1, -0.05) is 12.1 Å². The highest BCUT2D eigenvalue weighted by atomic mass is 16.7. The van der Waals surface area contributed by atoms with Crippen LogP contribution in [0.1, 0.15) is 30.7 Å². The predicted octanol–water partition coefficient (Wildman–Crippen LogP) is 1.82. The third kappa shape index (κ3) is 2.26. The van der Waals surface area contributed by atoms with E-state index in [1.165, 1.54) is 23.5 Å². The van der Waals surface area contributed by atoms with Crippen molar-refractivity contribution in [3.63, 3.8) is 0 Å². The molecule has 1 N–H and O–H groups in total. The van der Waals surface area contributed by atoms with E-state index in [1.807, 2.05) is 12.1 Å². The highest BCUT2D eigenvalue weighted by molar-refractivity contribution is 5.92. The summed E-state index contributed by atoms with van der Waals surface area (Å²) in [5.41, 5.74) is 2.18. The Balaban J connectivity index is 1.74. The lowest BCUT2D eigenvalue weighted by atomic mass is 9.91. The number of anilines is 1. The minimum Gasteiger partial charge on any atom is -0.316 e. The molecule has 4 nitrogen and oxygen atoms in total. The quantitative estimate of drug-likeness (QED) is 0.865. The van der Waals surface area contributed by atoms with Gasteiger partial charge < -0.3 is 5.32 Å². The molecule has 0 aliphatic carbocycles. The number of rotatable bonds is 2. The molecule has 4 heteroatoms. The van der Waals surface area contributed by atoms with E-state index in [1.54, 1.807) is 0 Å². The normalized spacial score (nSPS) is 24.6. The Kier molecular flexibility index (Phi) is 3.30. The minimum absolute atomic E-state index is 0.0436. The number of benzene rings is 1. The second kappa shape index (κ2) is 5.08. The molecule has 1 unspecified atom stereocenters. The first-order chi connectivity index (χ1) is 8.84. The van der Waals surface area contributed by atoms with Crippen molar-refractivity contribution >= 4 is 11.6 Å². The van der Waals surface area contributed by atoms with Gasteiger partial charge in [-0.05, 0) is 43.0 Å². The fourth-order valence-corrected chi connectivity index (χ4v) is 2.63. The maximum atomic E-state index is 11.6. The Morgan fingerprint density at radius 3 is 2.72 bits per heavy atom. The van der Waals surface area contributed by atoms with E-state index in [0.717, 1.165) is 18.8 Å². The molecule has 96 valence electrons. The number of nitrogens with zero attached hydrogens (tertiary/aromatic N) is 1. The van der Waals surface area contributed by atoms with Gasteiger partial charge in [0, 0.05) is 6.54 Å². The molecular weight excluding hydrogens is 228 g/mol. The molecule has 1 aromatic carbocycles. The molecule has 1 atom stereocenters. The van der Waals surface area contributed by atoms with Crippen LogP contribution in [0.4, 0.5) is 5.69 Å². The Morgan fingerprint density at radius 2 is 2.11 bits per heavy atom. The van der Waals surface area contributed by atoms with Crippen LogP contribution >= 0.6 is 0 Å². The van der Waals surface area contributed by atoms with Gasteiger partial charge in [0.15, 0.2) is 0 Å². The summed E-state index contributed by atoms with van der Waals surface area (Å²) in [6, 6.07) is 8.18. The number of hydroxylamine groups is 1. The molecule has 1 aromatic rings. The fraction of sp³-hybridized carbons (Fsp3) is 0.500. The predicted molar refractivity (Wildman–Crippen MR) is 69.3 cm³/mol. The summed E-state index contributed by atoms with van der Waals surface area (Å²) < 4.78 is 0. The van der Waals surface area contributed by atoms with Crippen molar-refractivity contribution in [2.75, 3.05) is 24.8 Å². The lowest BCUT2D eigenvalue weighted by Crippen LogP contribution is -2.28. The van der Waals surface area contributed by atoms with Gasteiger partial charge in [0.2, 0.25) is 0 Å². The van der Waals surface area contributed by atoms with E-state index in [2.05, 4.69) is 17.4 Å². The highest BCUT2D eigenvalue weighted by Gasteiger charge is 2.23. The summed E-state index contributed by atoms with van der Waals surface area (Å²) in [5, 5.41) is 4.83. The smallest absolute Gasteiger partial charge is 0.253 e.